The first-order valence-electron chi connectivity index (χ1n) is 12.2. The summed E-state index contributed by atoms with van der Waals surface area (Å²) in [7, 11) is 0. The molecule has 6 bridgehead atoms. The number of aliphatic hydroxyl groups is 1. The monoisotopic (exact) mass is 604 g/mol. The lowest BCUT2D eigenvalue weighted by molar-refractivity contribution is -0.256. The Kier molecular flexibility index (Phi) is 7.73. The molecule has 42 heavy (non-hydrogen) atoms. The van der Waals surface area contributed by atoms with E-state index < -0.39 is 81.7 Å². The van der Waals surface area contributed by atoms with Crippen LogP contribution in [-0.4, -0.2) is 44.3 Å². The number of nitrogens with one attached hydrogen (secondary N) is 1. The van der Waals surface area contributed by atoms with Crippen LogP contribution in [0.4, 0.5) is 41.2 Å². The van der Waals surface area contributed by atoms with Crippen molar-refractivity contribution in [3.05, 3.63) is 58.7 Å². The van der Waals surface area contributed by atoms with Gasteiger partial charge in [0.2, 0.25) is 5.88 Å². The Balaban J connectivity index is 2.01. The summed E-state index contributed by atoms with van der Waals surface area (Å²) in [5.74, 6) is -5.01. The van der Waals surface area contributed by atoms with Crippen molar-refractivity contribution < 1.29 is 54.5 Å². The highest BCUT2D eigenvalue weighted by Crippen LogP contribution is 2.46. The number of anilines is 1. The van der Waals surface area contributed by atoms with Crippen molar-refractivity contribution in [1.29, 1.82) is 0 Å². The maximum Gasteiger partial charge on any atom is 0.430 e. The molecule has 16 heteroatoms. The van der Waals surface area contributed by atoms with E-state index in [2.05, 4.69) is 15.2 Å². The number of carbonyl (C=O) groups is 1. The zero-order chi connectivity index (χ0) is 31.3. The summed E-state index contributed by atoms with van der Waals surface area (Å²) < 4.78 is 116. The van der Waals surface area contributed by atoms with Gasteiger partial charge >= 0.3 is 18.4 Å². The fourth-order valence-electron chi connectivity index (χ4n) is 3.87. The van der Waals surface area contributed by atoms with Crippen LogP contribution in [0.25, 0.3) is 17.7 Å². The summed E-state index contributed by atoms with van der Waals surface area (Å²) in [5.41, 5.74) is -9.50. The van der Waals surface area contributed by atoms with Gasteiger partial charge in [-0.1, -0.05) is 18.2 Å². The molecular formula is C26H23F7N4O5. The number of hydrogen-bond acceptors (Lipinski definition) is 8. The van der Waals surface area contributed by atoms with Gasteiger partial charge in [0.15, 0.2) is 5.69 Å². The van der Waals surface area contributed by atoms with Gasteiger partial charge in [0.05, 0.1) is 5.69 Å². The number of carbonyl (C=O) groups excluding carboxylic acids is 1. The van der Waals surface area contributed by atoms with Gasteiger partial charge in [0, 0.05) is 12.0 Å². The molecule has 1 aliphatic rings. The molecule has 9 nitrogen and oxygen atoms in total. The van der Waals surface area contributed by atoms with Crippen molar-refractivity contribution in [3.8, 4) is 17.5 Å². The highest BCUT2D eigenvalue weighted by molar-refractivity contribution is 5.89. The number of aromatic nitrogens is 3. The van der Waals surface area contributed by atoms with Crippen molar-refractivity contribution >= 4 is 17.9 Å². The number of ether oxygens (including phenoxy) is 2. The molecule has 0 spiro atoms. The number of rotatable bonds is 1. The Morgan fingerprint density at radius 1 is 1.12 bits per heavy atom. The van der Waals surface area contributed by atoms with Gasteiger partial charge in [-0.2, -0.15) is 26.3 Å². The van der Waals surface area contributed by atoms with Crippen LogP contribution in [0, 0.1) is 5.82 Å². The van der Waals surface area contributed by atoms with E-state index in [4.69, 9.17) is 13.9 Å². The van der Waals surface area contributed by atoms with E-state index >= 15 is 0 Å². The van der Waals surface area contributed by atoms with E-state index in [-0.39, 0.29) is 12.0 Å². The quantitative estimate of drug-likeness (QED) is 0.298. The highest BCUT2D eigenvalue weighted by Gasteiger charge is 2.61. The number of hydrogen-bond donors (Lipinski definition) is 2. The van der Waals surface area contributed by atoms with Crippen LogP contribution in [0.3, 0.4) is 0 Å². The van der Waals surface area contributed by atoms with Crippen LogP contribution < -0.4 is 10.1 Å². The predicted octanol–water partition coefficient (Wildman–Crippen LogP) is 6.62. The summed E-state index contributed by atoms with van der Waals surface area (Å²) in [4.78, 5) is 16.2. The third kappa shape index (κ3) is 6.17. The summed E-state index contributed by atoms with van der Waals surface area (Å²) in [6.45, 7) is 5.83. The molecule has 1 unspecified atom stereocenters. The number of nitrogens with zero attached hydrogens (tertiary/aromatic N) is 3. The van der Waals surface area contributed by atoms with Crippen molar-refractivity contribution in [2.75, 3.05) is 5.32 Å². The standard InChI is InChI=1S/C26H23F7N4O5/c1-12-6-5-7-13-8-9-16(27)14(10-13)24(39,26(31,32)33)21-37-36-20(41-21)18-17(34-22(38)42-23(2,3)4)11-15(25(28,29)30)19(35-18)40-12/h5,7-12,39H,6H2,1-4H3,(H,34,38)/t12-,24?/m1/s1. The van der Waals surface area contributed by atoms with Gasteiger partial charge in [-0.15, -0.1) is 10.2 Å². The second-order valence-corrected chi connectivity index (χ2v) is 10.3. The van der Waals surface area contributed by atoms with E-state index in [9.17, 15) is 40.6 Å². The van der Waals surface area contributed by atoms with Crippen LogP contribution in [-0.2, 0) is 16.5 Å². The SMILES string of the molecule is C[C@@H]1CC=Cc2ccc(F)c(c2)C(O)(C(F)(F)F)c2nnc(o2)-c2nc(c(C(F)(F)F)cc2NC(=O)OC(C)(C)C)O1. The van der Waals surface area contributed by atoms with Gasteiger partial charge in [-0.3, -0.25) is 5.32 Å². The molecule has 1 amide bonds. The normalized spacial score (nSPS) is 19.4. The molecule has 0 saturated carbocycles. The molecule has 4 rings (SSSR count). The Morgan fingerprint density at radius 2 is 1.81 bits per heavy atom. The topological polar surface area (TPSA) is 120 Å². The highest BCUT2D eigenvalue weighted by atomic mass is 19.4. The molecule has 1 aliphatic heterocycles. The zero-order valence-corrected chi connectivity index (χ0v) is 22.3. The first-order chi connectivity index (χ1) is 19.3. The lowest BCUT2D eigenvalue weighted by atomic mass is 9.90. The molecule has 3 heterocycles. The minimum Gasteiger partial charge on any atom is -0.474 e. The molecule has 0 fully saturated rings. The molecule has 0 aliphatic carbocycles. The average Bonchev–Trinajstić information content (AvgIpc) is 3.32. The first kappa shape index (κ1) is 30.7. The fraction of sp³-hybridized carbons (Fsp3) is 0.385. The van der Waals surface area contributed by atoms with Crippen molar-refractivity contribution in [3.63, 3.8) is 0 Å². The second kappa shape index (κ2) is 10.6. The Hall–Kier alpha value is -4.21. The molecule has 2 atom stereocenters. The van der Waals surface area contributed by atoms with Crippen LogP contribution in [0.5, 0.6) is 5.88 Å². The fourth-order valence-corrected chi connectivity index (χ4v) is 3.87. The summed E-state index contributed by atoms with van der Waals surface area (Å²) in [5, 5.41) is 19.6. The third-order valence-electron chi connectivity index (χ3n) is 5.75. The van der Waals surface area contributed by atoms with Crippen LogP contribution in [0.2, 0.25) is 0 Å². The maximum atomic E-state index is 14.8. The van der Waals surface area contributed by atoms with E-state index in [1.54, 1.807) is 0 Å². The second-order valence-electron chi connectivity index (χ2n) is 10.3. The number of amides is 1. The van der Waals surface area contributed by atoms with E-state index in [1.165, 1.54) is 39.8 Å². The lowest BCUT2D eigenvalue weighted by Crippen LogP contribution is -2.44. The number of alkyl halides is 6. The zero-order valence-electron chi connectivity index (χ0n) is 22.3. The first-order valence-corrected chi connectivity index (χ1v) is 12.2. The maximum absolute atomic E-state index is 14.8. The van der Waals surface area contributed by atoms with Crippen LogP contribution in [0.1, 0.15) is 56.7 Å². The van der Waals surface area contributed by atoms with Crippen LogP contribution in [0.15, 0.2) is 34.8 Å². The Bertz CT molecular complexity index is 1530. The lowest BCUT2D eigenvalue weighted by Gasteiger charge is -2.28. The Labute approximate surface area is 233 Å². The summed E-state index contributed by atoms with van der Waals surface area (Å²) in [6, 6.07) is 2.93. The molecule has 2 N–H and O–H groups in total. The van der Waals surface area contributed by atoms with Gasteiger partial charge in [-0.25, -0.2) is 14.2 Å². The van der Waals surface area contributed by atoms with E-state index in [0.717, 1.165) is 6.07 Å². The van der Waals surface area contributed by atoms with Crippen molar-refractivity contribution in [2.24, 2.45) is 0 Å². The molecule has 2 aromatic heterocycles. The minimum absolute atomic E-state index is 0.00870. The molecule has 0 radical (unpaired) electrons. The molecule has 226 valence electrons. The van der Waals surface area contributed by atoms with Gasteiger partial charge in [0.25, 0.3) is 17.4 Å². The average molecular weight is 604 g/mol. The number of pyridine rings is 1. The number of fused-ring (bicyclic) bond motifs is 7. The summed E-state index contributed by atoms with van der Waals surface area (Å²) >= 11 is 0. The largest absolute Gasteiger partial charge is 0.474 e. The van der Waals surface area contributed by atoms with Gasteiger partial charge in [-0.05, 0) is 51.5 Å². The molecule has 3 aromatic rings. The van der Waals surface area contributed by atoms with Gasteiger partial charge < -0.3 is 19.0 Å². The predicted molar refractivity (Wildman–Crippen MR) is 132 cm³/mol. The number of benzene rings is 1. The summed E-state index contributed by atoms with van der Waals surface area (Å²) in [6.07, 6.45) is -10.4. The molecule has 1 aromatic carbocycles. The molecule has 0 saturated heterocycles. The number of halogens is 7. The van der Waals surface area contributed by atoms with Gasteiger partial charge in [0.1, 0.15) is 23.1 Å². The van der Waals surface area contributed by atoms with E-state index in [0.29, 0.717) is 18.2 Å². The molecular weight excluding hydrogens is 581 g/mol. The minimum atomic E-state index is -5.62. The smallest absolute Gasteiger partial charge is 0.430 e. The van der Waals surface area contributed by atoms with Crippen LogP contribution >= 0.6 is 0 Å². The Morgan fingerprint density at radius 3 is 2.43 bits per heavy atom. The van der Waals surface area contributed by atoms with Crippen molar-refractivity contribution in [2.45, 2.75) is 63.8 Å². The van der Waals surface area contributed by atoms with E-state index in [1.807, 2.05) is 5.32 Å². The van der Waals surface area contributed by atoms with Crippen molar-refractivity contribution in [1.82, 2.24) is 15.2 Å². The third-order valence-corrected chi connectivity index (χ3v) is 5.75.